The predicted octanol–water partition coefficient (Wildman–Crippen LogP) is 3.26. The number of rotatable bonds is 6. The molecule has 4 nitrogen and oxygen atoms in total. The van der Waals surface area contributed by atoms with Gasteiger partial charge in [0.25, 0.3) is 0 Å². The van der Waals surface area contributed by atoms with Crippen molar-refractivity contribution in [3.8, 4) is 0 Å². The Kier molecular flexibility index (Phi) is 10.0. The minimum Gasteiger partial charge on any atom is -0.377 e. The highest BCUT2D eigenvalue weighted by molar-refractivity contribution is 14.0. The van der Waals surface area contributed by atoms with Gasteiger partial charge in [-0.1, -0.05) is 0 Å². The van der Waals surface area contributed by atoms with Crippen LogP contribution in [0.5, 0.6) is 0 Å². The van der Waals surface area contributed by atoms with Gasteiger partial charge in [0.2, 0.25) is 0 Å². The molecule has 1 aromatic heterocycles. The Hall–Kier alpha value is 0.140. The second-order valence-electron chi connectivity index (χ2n) is 4.77. The van der Waals surface area contributed by atoms with Crippen molar-refractivity contribution in [2.75, 3.05) is 27.2 Å². The topological polar surface area (TPSA) is 45.7 Å². The van der Waals surface area contributed by atoms with Gasteiger partial charge in [-0.2, -0.15) is 0 Å². The molecule has 0 fully saturated rings. The Balaban J connectivity index is 0.00000361. The summed E-state index contributed by atoms with van der Waals surface area (Å²) in [6.45, 7) is 5.65. The summed E-state index contributed by atoms with van der Waals surface area (Å²) in [7, 11) is 3.49. The van der Waals surface area contributed by atoms with Crippen molar-refractivity contribution in [2.45, 2.75) is 25.9 Å². The first-order valence-corrected chi connectivity index (χ1v) is 7.81. The largest absolute Gasteiger partial charge is 0.377 e. The van der Waals surface area contributed by atoms with E-state index < -0.39 is 0 Å². The second-order valence-corrected chi connectivity index (χ2v) is 7.32. The Morgan fingerprint density at radius 2 is 2.10 bits per heavy atom. The molecule has 0 aliphatic carbocycles. The molecule has 0 aliphatic rings. The van der Waals surface area contributed by atoms with E-state index in [2.05, 4.69) is 43.7 Å². The molecule has 0 amide bonds. The maximum absolute atomic E-state index is 5.36. The molecule has 0 spiro atoms. The highest BCUT2D eigenvalue weighted by atomic mass is 127. The number of thiophene rings is 1. The lowest BCUT2D eigenvalue weighted by Gasteiger charge is -2.24. The zero-order valence-electron chi connectivity index (χ0n) is 12.3. The van der Waals surface area contributed by atoms with Crippen LogP contribution < -0.4 is 10.6 Å². The van der Waals surface area contributed by atoms with E-state index in [1.165, 1.54) is 8.66 Å². The van der Waals surface area contributed by atoms with Crippen LogP contribution in [0.15, 0.2) is 20.9 Å². The lowest BCUT2D eigenvalue weighted by atomic mass is 10.1. The van der Waals surface area contributed by atoms with Crippen molar-refractivity contribution in [3.63, 3.8) is 0 Å². The summed E-state index contributed by atoms with van der Waals surface area (Å²) in [5.41, 5.74) is -0.198. The fourth-order valence-electron chi connectivity index (χ4n) is 1.38. The van der Waals surface area contributed by atoms with Gasteiger partial charge in [0.15, 0.2) is 5.96 Å². The van der Waals surface area contributed by atoms with Crippen LogP contribution in [0.3, 0.4) is 0 Å². The molecule has 0 aromatic carbocycles. The van der Waals surface area contributed by atoms with Gasteiger partial charge < -0.3 is 15.4 Å². The molecule has 20 heavy (non-hydrogen) atoms. The highest BCUT2D eigenvalue weighted by Crippen LogP contribution is 2.21. The normalized spacial score (nSPS) is 11.9. The summed E-state index contributed by atoms with van der Waals surface area (Å²) in [5.74, 6) is 0.806. The number of aliphatic imine (C=N–C) groups is 1. The molecule has 7 heteroatoms. The molecule has 0 saturated carbocycles. The van der Waals surface area contributed by atoms with E-state index in [1.807, 2.05) is 13.8 Å². The lowest BCUT2D eigenvalue weighted by molar-refractivity contribution is 0.0268. The summed E-state index contributed by atoms with van der Waals surface area (Å²) in [5, 5.41) is 6.56. The van der Waals surface area contributed by atoms with Crippen molar-refractivity contribution in [2.24, 2.45) is 4.99 Å². The summed E-state index contributed by atoms with van der Waals surface area (Å²) in [4.78, 5) is 5.55. The van der Waals surface area contributed by atoms with Gasteiger partial charge in [-0.25, -0.2) is 0 Å². The van der Waals surface area contributed by atoms with Gasteiger partial charge in [0, 0.05) is 32.1 Å². The third kappa shape index (κ3) is 7.80. The SMILES string of the molecule is CN=C(NCCc1ccc(Br)s1)NCC(C)(C)OC.I. The zero-order valence-corrected chi connectivity index (χ0v) is 17.1. The average molecular weight is 476 g/mol. The van der Waals surface area contributed by atoms with Crippen LogP contribution in [0.1, 0.15) is 18.7 Å². The van der Waals surface area contributed by atoms with E-state index in [0.717, 1.165) is 18.9 Å². The van der Waals surface area contributed by atoms with E-state index in [4.69, 9.17) is 4.74 Å². The van der Waals surface area contributed by atoms with Crippen LogP contribution in [0, 0.1) is 0 Å². The number of hydrogen-bond donors (Lipinski definition) is 2. The van der Waals surface area contributed by atoms with E-state index in [1.54, 1.807) is 25.5 Å². The number of nitrogens with zero attached hydrogens (tertiary/aromatic N) is 1. The quantitative estimate of drug-likeness (QED) is 0.377. The number of guanidine groups is 1. The van der Waals surface area contributed by atoms with E-state index in [0.29, 0.717) is 6.54 Å². The third-order valence-corrected chi connectivity index (χ3v) is 4.43. The van der Waals surface area contributed by atoms with Crippen LogP contribution in [-0.2, 0) is 11.2 Å². The minimum atomic E-state index is -0.198. The van der Waals surface area contributed by atoms with Crippen LogP contribution in [-0.4, -0.2) is 38.8 Å². The molecular weight excluding hydrogens is 453 g/mol. The molecule has 1 aromatic rings. The number of halogens is 2. The molecule has 1 heterocycles. The molecule has 0 atom stereocenters. The van der Waals surface area contributed by atoms with Gasteiger partial charge in [-0.05, 0) is 48.3 Å². The first-order valence-electron chi connectivity index (χ1n) is 6.21. The van der Waals surface area contributed by atoms with E-state index >= 15 is 0 Å². The standard InChI is InChI=1S/C13H22BrN3OS.HI/c1-13(2,18-4)9-17-12(15-3)16-8-7-10-5-6-11(14)19-10;/h5-6H,7-9H2,1-4H3,(H2,15,16,17);1H. The Morgan fingerprint density at radius 1 is 1.40 bits per heavy atom. The van der Waals surface area contributed by atoms with Crippen LogP contribution in [0.2, 0.25) is 0 Å². The lowest BCUT2D eigenvalue weighted by Crippen LogP contribution is -2.45. The maximum atomic E-state index is 5.36. The summed E-state index contributed by atoms with van der Waals surface area (Å²) in [6.07, 6.45) is 0.991. The molecule has 0 radical (unpaired) electrons. The summed E-state index contributed by atoms with van der Waals surface area (Å²) in [6, 6.07) is 4.22. The van der Waals surface area contributed by atoms with Crippen LogP contribution in [0.25, 0.3) is 0 Å². The van der Waals surface area contributed by atoms with Crippen molar-refractivity contribution in [3.05, 3.63) is 20.8 Å². The molecule has 0 aliphatic heterocycles. The Morgan fingerprint density at radius 3 is 2.60 bits per heavy atom. The number of ether oxygens (including phenoxy) is 1. The van der Waals surface area contributed by atoms with Gasteiger partial charge in [-0.3, -0.25) is 4.99 Å². The average Bonchev–Trinajstić information content (AvgIpc) is 2.79. The molecule has 2 N–H and O–H groups in total. The number of methoxy groups -OCH3 is 1. The highest BCUT2D eigenvalue weighted by Gasteiger charge is 2.16. The number of hydrogen-bond acceptors (Lipinski definition) is 3. The Labute approximate surface area is 150 Å². The van der Waals surface area contributed by atoms with E-state index in [-0.39, 0.29) is 29.6 Å². The molecule has 116 valence electrons. The first-order chi connectivity index (χ1) is 8.96. The smallest absolute Gasteiger partial charge is 0.191 e. The van der Waals surface area contributed by atoms with Crippen molar-refractivity contribution >= 4 is 57.2 Å². The minimum absolute atomic E-state index is 0. The van der Waals surface area contributed by atoms with Crippen LogP contribution >= 0.6 is 51.2 Å². The molecular formula is C13H23BrIN3OS. The van der Waals surface area contributed by atoms with Gasteiger partial charge in [0.1, 0.15) is 0 Å². The molecule has 0 unspecified atom stereocenters. The summed E-state index contributed by atoms with van der Waals surface area (Å²) < 4.78 is 6.53. The summed E-state index contributed by atoms with van der Waals surface area (Å²) >= 11 is 5.23. The molecule has 0 bridgehead atoms. The number of nitrogens with one attached hydrogen (secondary N) is 2. The molecule has 1 rings (SSSR count). The third-order valence-electron chi connectivity index (χ3n) is 2.75. The monoisotopic (exact) mass is 475 g/mol. The van der Waals surface area contributed by atoms with Crippen LogP contribution in [0.4, 0.5) is 0 Å². The van der Waals surface area contributed by atoms with Gasteiger partial charge >= 0.3 is 0 Å². The fraction of sp³-hybridized carbons (Fsp3) is 0.615. The predicted molar refractivity (Wildman–Crippen MR) is 102 cm³/mol. The maximum Gasteiger partial charge on any atom is 0.191 e. The van der Waals surface area contributed by atoms with Crippen molar-refractivity contribution in [1.29, 1.82) is 0 Å². The van der Waals surface area contributed by atoms with E-state index in [9.17, 15) is 0 Å². The second kappa shape index (κ2) is 9.97. The van der Waals surface area contributed by atoms with Gasteiger partial charge in [-0.15, -0.1) is 35.3 Å². The van der Waals surface area contributed by atoms with Crippen molar-refractivity contribution < 1.29 is 4.74 Å². The van der Waals surface area contributed by atoms with Gasteiger partial charge in [0.05, 0.1) is 9.39 Å². The van der Waals surface area contributed by atoms with Crippen molar-refractivity contribution in [1.82, 2.24) is 10.6 Å². The Bertz CT molecular complexity index is 424. The first kappa shape index (κ1) is 20.1. The zero-order chi connectivity index (χ0) is 14.3. The molecule has 0 saturated heterocycles. The fourth-order valence-corrected chi connectivity index (χ4v) is 2.86.